The van der Waals surface area contributed by atoms with Gasteiger partial charge < -0.3 is 15.7 Å². The van der Waals surface area contributed by atoms with Gasteiger partial charge in [0.1, 0.15) is 0 Å². The molecule has 0 spiro atoms. The number of aliphatic hydroxyl groups excluding tert-OH is 1. The van der Waals surface area contributed by atoms with Gasteiger partial charge in [-0.3, -0.25) is 4.79 Å². The fourth-order valence-corrected chi connectivity index (χ4v) is 5.08. The maximum atomic E-state index is 13.3. The van der Waals surface area contributed by atoms with Gasteiger partial charge in [0.15, 0.2) is 11.4 Å². The van der Waals surface area contributed by atoms with Gasteiger partial charge in [-0.1, -0.05) is 42.2 Å². The molecule has 0 aliphatic carbocycles. The second-order valence-electron chi connectivity index (χ2n) is 7.36. The molecule has 2 aromatic rings. The molecule has 0 bridgehead atoms. The first-order valence-electron chi connectivity index (χ1n) is 9.94. The first-order chi connectivity index (χ1) is 15.5. The molecule has 3 rings (SSSR count). The molecule has 1 aliphatic rings. The van der Waals surface area contributed by atoms with Crippen molar-refractivity contribution in [1.29, 1.82) is 0 Å². The summed E-state index contributed by atoms with van der Waals surface area (Å²) in [7, 11) is -4.01. The minimum atomic E-state index is -4.43. The number of carbonyl (C=O) groups excluding carboxylic acids is 1. The molecule has 1 fully saturated rings. The molecule has 176 valence electrons. The van der Waals surface area contributed by atoms with Crippen LogP contribution in [-0.4, -0.2) is 56.0 Å². The standard InChI is InChI=1S/C22H22F3N3O4S/c23-22(24,25)17-6-8-18(9-7-17)27-12-14-28(15-13-27)33(31,32)20(11-10-19(29)21(26)30)16-4-2-1-3-5-16/h1-9,19-20,29H,12-15H2,(H2,26,30). The molecule has 11 heteroatoms. The van der Waals surface area contributed by atoms with Crippen LogP contribution < -0.4 is 10.6 Å². The number of hydrogen-bond donors (Lipinski definition) is 2. The minimum absolute atomic E-state index is 0.0900. The van der Waals surface area contributed by atoms with E-state index in [1.54, 1.807) is 35.2 Å². The second-order valence-corrected chi connectivity index (χ2v) is 9.38. The molecule has 1 aliphatic heterocycles. The third kappa shape index (κ3) is 5.84. The number of primary amides is 1. The summed E-state index contributed by atoms with van der Waals surface area (Å²) in [5, 5.41) is 8.27. The lowest BCUT2D eigenvalue weighted by Gasteiger charge is -2.36. The van der Waals surface area contributed by atoms with Crippen molar-refractivity contribution < 1.29 is 31.5 Å². The zero-order valence-electron chi connectivity index (χ0n) is 17.4. The summed E-state index contributed by atoms with van der Waals surface area (Å²) in [6, 6.07) is 12.8. The van der Waals surface area contributed by atoms with Crippen molar-refractivity contribution in [1.82, 2.24) is 4.31 Å². The Morgan fingerprint density at radius 2 is 1.55 bits per heavy atom. The fraction of sp³-hybridized carbons (Fsp3) is 0.318. The molecule has 0 saturated carbocycles. The number of rotatable bonds is 5. The molecular weight excluding hydrogens is 459 g/mol. The van der Waals surface area contributed by atoms with Crippen LogP contribution in [-0.2, 0) is 21.0 Å². The maximum absolute atomic E-state index is 13.3. The van der Waals surface area contributed by atoms with E-state index in [4.69, 9.17) is 5.73 Å². The van der Waals surface area contributed by atoms with Crippen molar-refractivity contribution in [2.75, 3.05) is 31.1 Å². The Kier molecular flexibility index (Phi) is 7.31. The average Bonchev–Trinajstić information content (AvgIpc) is 2.79. The molecule has 0 aromatic heterocycles. The lowest BCUT2D eigenvalue weighted by atomic mass is 10.1. The van der Waals surface area contributed by atoms with Crippen molar-refractivity contribution >= 4 is 21.6 Å². The highest BCUT2D eigenvalue weighted by Gasteiger charge is 2.35. The van der Waals surface area contributed by atoms with E-state index in [1.165, 1.54) is 16.4 Å². The number of nitrogens with two attached hydrogens (primary N) is 1. The number of sulfonamides is 1. The zero-order chi connectivity index (χ0) is 24.2. The van der Waals surface area contributed by atoms with E-state index in [2.05, 4.69) is 11.8 Å². The van der Waals surface area contributed by atoms with Crippen molar-refractivity contribution in [3.8, 4) is 11.8 Å². The van der Waals surface area contributed by atoms with Crippen LogP contribution in [0.2, 0.25) is 0 Å². The van der Waals surface area contributed by atoms with Crippen LogP contribution in [0.25, 0.3) is 0 Å². The van der Waals surface area contributed by atoms with Crippen molar-refractivity contribution in [3.63, 3.8) is 0 Å². The highest BCUT2D eigenvalue weighted by atomic mass is 32.2. The first-order valence-corrected chi connectivity index (χ1v) is 11.4. The van der Waals surface area contributed by atoms with Crippen LogP contribution in [0.15, 0.2) is 54.6 Å². The van der Waals surface area contributed by atoms with E-state index >= 15 is 0 Å². The van der Waals surface area contributed by atoms with Gasteiger partial charge in [-0.2, -0.15) is 17.5 Å². The summed E-state index contributed by atoms with van der Waals surface area (Å²) < 4.78 is 66.3. The highest BCUT2D eigenvalue weighted by Crippen LogP contribution is 2.31. The Labute approximate surface area is 189 Å². The summed E-state index contributed by atoms with van der Waals surface area (Å²) in [6.07, 6.45) is -6.23. The molecular formula is C22H22F3N3O4S. The molecule has 3 N–H and O–H groups in total. The fourth-order valence-electron chi connectivity index (χ4n) is 3.39. The lowest BCUT2D eigenvalue weighted by molar-refractivity contribution is -0.137. The monoisotopic (exact) mass is 481 g/mol. The van der Waals surface area contributed by atoms with Crippen LogP contribution in [0.3, 0.4) is 0 Å². The van der Waals surface area contributed by atoms with Gasteiger partial charge in [-0.05, 0) is 29.8 Å². The number of aliphatic hydroxyl groups is 1. The number of amides is 1. The number of nitrogens with zero attached hydrogens (tertiary/aromatic N) is 2. The topological polar surface area (TPSA) is 104 Å². The summed E-state index contributed by atoms with van der Waals surface area (Å²) in [4.78, 5) is 12.9. The van der Waals surface area contributed by atoms with Crippen LogP contribution in [0.4, 0.5) is 18.9 Å². The van der Waals surface area contributed by atoms with Crippen LogP contribution in [0.1, 0.15) is 16.4 Å². The molecule has 1 amide bonds. The quantitative estimate of drug-likeness (QED) is 0.634. The van der Waals surface area contributed by atoms with Crippen molar-refractivity contribution in [3.05, 3.63) is 65.7 Å². The molecule has 1 heterocycles. The highest BCUT2D eigenvalue weighted by molar-refractivity contribution is 7.89. The zero-order valence-corrected chi connectivity index (χ0v) is 18.2. The average molecular weight is 481 g/mol. The Balaban J connectivity index is 1.78. The van der Waals surface area contributed by atoms with E-state index in [0.29, 0.717) is 11.3 Å². The smallest absolute Gasteiger partial charge is 0.372 e. The number of piperazine rings is 1. The largest absolute Gasteiger partial charge is 0.416 e. The summed E-state index contributed by atoms with van der Waals surface area (Å²) in [6.45, 7) is 0.715. The van der Waals surface area contributed by atoms with Crippen LogP contribution in [0.5, 0.6) is 0 Å². The van der Waals surface area contributed by atoms with E-state index in [9.17, 15) is 31.5 Å². The molecule has 2 unspecified atom stereocenters. The molecule has 2 aromatic carbocycles. The number of alkyl halides is 3. The predicted octanol–water partition coefficient (Wildman–Crippen LogP) is 1.75. The van der Waals surface area contributed by atoms with Crippen molar-refractivity contribution in [2.45, 2.75) is 17.5 Å². The molecule has 2 atom stereocenters. The predicted molar refractivity (Wildman–Crippen MR) is 116 cm³/mol. The van der Waals surface area contributed by atoms with Gasteiger partial charge in [-0.25, -0.2) is 8.42 Å². The van der Waals surface area contributed by atoms with Gasteiger partial charge in [0, 0.05) is 31.9 Å². The third-order valence-corrected chi connectivity index (χ3v) is 7.25. The minimum Gasteiger partial charge on any atom is -0.372 e. The Hall–Kier alpha value is -3.07. The number of carbonyl (C=O) groups is 1. The van der Waals surface area contributed by atoms with Crippen LogP contribution >= 0.6 is 0 Å². The molecule has 33 heavy (non-hydrogen) atoms. The Morgan fingerprint density at radius 3 is 2.06 bits per heavy atom. The van der Waals surface area contributed by atoms with Gasteiger partial charge in [0.05, 0.1) is 5.56 Å². The van der Waals surface area contributed by atoms with E-state index in [0.717, 1.165) is 12.1 Å². The third-order valence-electron chi connectivity index (χ3n) is 5.18. The number of hydrogen-bond acceptors (Lipinski definition) is 5. The Morgan fingerprint density at radius 1 is 0.970 bits per heavy atom. The molecule has 7 nitrogen and oxygen atoms in total. The summed E-state index contributed by atoms with van der Waals surface area (Å²) in [5.41, 5.74) is 5.17. The first kappa shape index (κ1) is 24.6. The second kappa shape index (κ2) is 9.82. The normalized spacial score (nSPS) is 17.0. The van der Waals surface area contributed by atoms with E-state index in [1.807, 2.05) is 0 Å². The van der Waals surface area contributed by atoms with Gasteiger partial charge >= 0.3 is 6.18 Å². The molecule has 1 saturated heterocycles. The molecule has 0 radical (unpaired) electrons. The Bertz CT molecular complexity index is 1140. The SMILES string of the molecule is NC(=O)C(O)C#CC(c1ccccc1)S(=O)(=O)N1CCN(c2ccc(C(F)(F)F)cc2)CC1. The van der Waals surface area contributed by atoms with Gasteiger partial charge in [-0.15, -0.1) is 0 Å². The van der Waals surface area contributed by atoms with Crippen molar-refractivity contribution in [2.24, 2.45) is 5.73 Å². The lowest BCUT2D eigenvalue weighted by Crippen LogP contribution is -2.49. The number of benzene rings is 2. The maximum Gasteiger partial charge on any atom is 0.416 e. The number of anilines is 1. The van der Waals surface area contributed by atoms with Gasteiger partial charge in [0.25, 0.3) is 5.91 Å². The van der Waals surface area contributed by atoms with Crippen LogP contribution in [0, 0.1) is 11.8 Å². The van der Waals surface area contributed by atoms with E-state index in [-0.39, 0.29) is 26.2 Å². The van der Waals surface area contributed by atoms with Gasteiger partial charge in [0.2, 0.25) is 10.0 Å². The van der Waals surface area contributed by atoms with E-state index < -0.39 is 39.0 Å². The number of halogens is 3. The summed E-state index contributed by atoms with van der Waals surface area (Å²) >= 11 is 0. The summed E-state index contributed by atoms with van der Waals surface area (Å²) in [5.74, 6) is 3.58.